The van der Waals surface area contributed by atoms with Crippen LogP contribution >= 0.6 is 0 Å². The molecule has 2 aliphatic rings. The van der Waals surface area contributed by atoms with E-state index in [9.17, 15) is 4.79 Å². The van der Waals surface area contributed by atoms with Crippen molar-refractivity contribution in [2.75, 3.05) is 13.1 Å². The van der Waals surface area contributed by atoms with Crippen molar-refractivity contribution in [2.24, 2.45) is 0 Å². The molecule has 0 saturated carbocycles. The van der Waals surface area contributed by atoms with E-state index in [0.717, 1.165) is 30.7 Å². The second kappa shape index (κ2) is 5.71. The number of amides is 1. The standard InChI is InChI=1S/C17H23N3O2/c1-17(2,3)22-16(21)20-9-7-12(8-10-20)15-18-11-13-5-4-6-14(13)19-15/h7,11H,4-6,8-10H2,1-3H3. The van der Waals surface area contributed by atoms with Gasteiger partial charge in [-0.25, -0.2) is 14.8 Å². The van der Waals surface area contributed by atoms with Crippen molar-refractivity contribution in [3.8, 4) is 0 Å². The van der Waals surface area contributed by atoms with Gasteiger partial charge in [0, 0.05) is 25.0 Å². The van der Waals surface area contributed by atoms with Crippen LogP contribution in [0.4, 0.5) is 4.79 Å². The number of carbonyl (C=O) groups is 1. The van der Waals surface area contributed by atoms with E-state index in [1.165, 1.54) is 17.7 Å². The third-order valence-corrected chi connectivity index (χ3v) is 3.96. The Hall–Kier alpha value is -1.91. The van der Waals surface area contributed by atoms with Crippen molar-refractivity contribution in [1.29, 1.82) is 0 Å². The highest BCUT2D eigenvalue weighted by Crippen LogP contribution is 2.24. The molecule has 0 atom stereocenters. The van der Waals surface area contributed by atoms with Crippen LogP contribution in [-0.2, 0) is 17.6 Å². The van der Waals surface area contributed by atoms with Gasteiger partial charge in [-0.15, -0.1) is 0 Å². The molecular formula is C17H23N3O2. The third-order valence-electron chi connectivity index (χ3n) is 3.96. The zero-order valence-corrected chi connectivity index (χ0v) is 13.6. The largest absolute Gasteiger partial charge is 0.444 e. The van der Waals surface area contributed by atoms with E-state index >= 15 is 0 Å². The monoisotopic (exact) mass is 301 g/mol. The molecule has 5 nitrogen and oxygen atoms in total. The van der Waals surface area contributed by atoms with Crippen molar-refractivity contribution in [3.05, 3.63) is 29.4 Å². The topological polar surface area (TPSA) is 55.3 Å². The number of hydrogen-bond acceptors (Lipinski definition) is 4. The minimum atomic E-state index is -0.454. The second-order valence-electron chi connectivity index (χ2n) is 6.92. The molecular weight excluding hydrogens is 278 g/mol. The van der Waals surface area contributed by atoms with Crippen LogP contribution in [0, 0.1) is 0 Å². The van der Waals surface area contributed by atoms with Crippen LogP contribution in [0.3, 0.4) is 0 Å². The minimum Gasteiger partial charge on any atom is -0.444 e. The Morgan fingerprint density at radius 3 is 2.77 bits per heavy atom. The Kier molecular flexibility index (Phi) is 3.89. The molecule has 0 fully saturated rings. The third kappa shape index (κ3) is 3.29. The molecule has 1 amide bonds. The quantitative estimate of drug-likeness (QED) is 0.800. The van der Waals surface area contributed by atoms with E-state index in [1.54, 1.807) is 4.90 Å². The van der Waals surface area contributed by atoms with E-state index in [0.29, 0.717) is 13.1 Å². The highest BCUT2D eigenvalue weighted by Gasteiger charge is 2.25. The van der Waals surface area contributed by atoms with Crippen LogP contribution in [0.5, 0.6) is 0 Å². The molecule has 1 aliphatic carbocycles. The minimum absolute atomic E-state index is 0.252. The van der Waals surface area contributed by atoms with Crippen molar-refractivity contribution < 1.29 is 9.53 Å². The summed E-state index contributed by atoms with van der Waals surface area (Å²) in [6, 6.07) is 0. The van der Waals surface area contributed by atoms with E-state index in [2.05, 4.69) is 4.98 Å². The fraction of sp³-hybridized carbons (Fsp3) is 0.588. The SMILES string of the molecule is CC(C)(C)OC(=O)N1CC=C(c2ncc3c(n2)CCC3)CC1. The summed E-state index contributed by atoms with van der Waals surface area (Å²) in [6.07, 6.45) is 7.87. The molecule has 0 saturated heterocycles. The lowest BCUT2D eigenvalue weighted by Gasteiger charge is -2.29. The first kappa shape index (κ1) is 15.0. The van der Waals surface area contributed by atoms with Gasteiger partial charge in [-0.1, -0.05) is 6.08 Å². The van der Waals surface area contributed by atoms with Crippen LogP contribution in [0.2, 0.25) is 0 Å². The molecule has 118 valence electrons. The van der Waals surface area contributed by atoms with E-state index in [-0.39, 0.29) is 6.09 Å². The predicted molar refractivity (Wildman–Crippen MR) is 84.5 cm³/mol. The molecule has 5 heteroatoms. The van der Waals surface area contributed by atoms with Gasteiger partial charge in [-0.05, 0) is 57.6 Å². The maximum atomic E-state index is 12.1. The molecule has 0 aromatic carbocycles. The predicted octanol–water partition coefficient (Wildman–Crippen LogP) is 2.99. The van der Waals surface area contributed by atoms with Gasteiger partial charge < -0.3 is 9.64 Å². The first-order chi connectivity index (χ1) is 10.4. The van der Waals surface area contributed by atoms with Gasteiger partial charge in [0.25, 0.3) is 0 Å². The molecule has 1 aromatic heterocycles. The van der Waals surface area contributed by atoms with Gasteiger partial charge in [0.1, 0.15) is 5.60 Å². The average molecular weight is 301 g/mol. The number of ether oxygens (including phenoxy) is 1. The van der Waals surface area contributed by atoms with Gasteiger partial charge in [0.15, 0.2) is 5.82 Å². The summed E-state index contributed by atoms with van der Waals surface area (Å²) in [7, 11) is 0. The van der Waals surface area contributed by atoms with Crippen LogP contribution < -0.4 is 0 Å². The van der Waals surface area contributed by atoms with Crippen molar-refractivity contribution in [3.63, 3.8) is 0 Å². The normalized spacial score (nSPS) is 18.0. The Bertz CT molecular complexity index is 617. The fourth-order valence-corrected chi connectivity index (χ4v) is 2.83. The number of carbonyl (C=O) groups excluding carboxylic acids is 1. The Balaban J connectivity index is 1.67. The van der Waals surface area contributed by atoms with E-state index < -0.39 is 5.60 Å². The zero-order chi connectivity index (χ0) is 15.7. The van der Waals surface area contributed by atoms with Gasteiger partial charge in [0.2, 0.25) is 0 Å². The highest BCUT2D eigenvalue weighted by atomic mass is 16.6. The summed E-state index contributed by atoms with van der Waals surface area (Å²) in [5.41, 5.74) is 3.16. The summed E-state index contributed by atoms with van der Waals surface area (Å²) >= 11 is 0. The van der Waals surface area contributed by atoms with Gasteiger partial charge in [-0.2, -0.15) is 0 Å². The molecule has 0 N–H and O–H groups in total. The van der Waals surface area contributed by atoms with Crippen molar-refractivity contribution >= 4 is 11.7 Å². The first-order valence-corrected chi connectivity index (χ1v) is 7.94. The van der Waals surface area contributed by atoms with Crippen molar-refractivity contribution in [2.45, 2.75) is 52.1 Å². The molecule has 1 aliphatic heterocycles. The lowest BCUT2D eigenvalue weighted by molar-refractivity contribution is 0.0270. The summed E-state index contributed by atoms with van der Waals surface area (Å²) in [5, 5.41) is 0. The summed E-state index contributed by atoms with van der Waals surface area (Å²) in [4.78, 5) is 23.0. The molecule has 3 rings (SSSR count). The first-order valence-electron chi connectivity index (χ1n) is 7.94. The highest BCUT2D eigenvalue weighted by molar-refractivity contribution is 5.71. The smallest absolute Gasteiger partial charge is 0.410 e. The molecule has 1 aromatic rings. The number of aryl methyl sites for hydroxylation is 2. The molecule has 0 bridgehead atoms. The number of aromatic nitrogens is 2. The van der Waals surface area contributed by atoms with Gasteiger partial charge >= 0.3 is 6.09 Å². The summed E-state index contributed by atoms with van der Waals surface area (Å²) in [5.74, 6) is 0.824. The zero-order valence-electron chi connectivity index (χ0n) is 13.6. The van der Waals surface area contributed by atoms with E-state index in [4.69, 9.17) is 9.72 Å². The molecule has 0 radical (unpaired) electrons. The number of hydrogen-bond donors (Lipinski definition) is 0. The average Bonchev–Trinajstić information content (AvgIpc) is 2.93. The van der Waals surface area contributed by atoms with Gasteiger partial charge in [-0.3, -0.25) is 0 Å². The fourth-order valence-electron chi connectivity index (χ4n) is 2.83. The Morgan fingerprint density at radius 1 is 1.27 bits per heavy atom. The number of rotatable bonds is 1. The Labute approximate surface area is 131 Å². The number of nitrogens with zero attached hydrogens (tertiary/aromatic N) is 3. The van der Waals surface area contributed by atoms with Gasteiger partial charge in [0.05, 0.1) is 0 Å². The lowest BCUT2D eigenvalue weighted by Crippen LogP contribution is -2.39. The Morgan fingerprint density at radius 2 is 2.09 bits per heavy atom. The van der Waals surface area contributed by atoms with Crippen LogP contribution in [0.25, 0.3) is 5.57 Å². The lowest BCUT2D eigenvalue weighted by atomic mass is 10.1. The van der Waals surface area contributed by atoms with E-state index in [1.807, 2.05) is 33.0 Å². The van der Waals surface area contributed by atoms with Crippen LogP contribution in [0.15, 0.2) is 12.3 Å². The van der Waals surface area contributed by atoms with Crippen LogP contribution in [0.1, 0.15) is 50.7 Å². The molecule has 22 heavy (non-hydrogen) atoms. The maximum absolute atomic E-state index is 12.1. The molecule has 0 spiro atoms. The molecule has 0 unspecified atom stereocenters. The summed E-state index contributed by atoms with van der Waals surface area (Å²) in [6.45, 7) is 6.86. The molecule has 2 heterocycles. The second-order valence-corrected chi connectivity index (χ2v) is 6.92. The summed E-state index contributed by atoms with van der Waals surface area (Å²) < 4.78 is 5.41. The van der Waals surface area contributed by atoms with Crippen molar-refractivity contribution in [1.82, 2.24) is 14.9 Å². The van der Waals surface area contributed by atoms with Crippen LogP contribution in [-0.4, -0.2) is 39.7 Å². The number of fused-ring (bicyclic) bond motifs is 1. The maximum Gasteiger partial charge on any atom is 0.410 e.